The van der Waals surface area contributed by atoms with Crippen LogP contribution in [-0.4, -0.2) is 31.1 Å². The van der Waals surface area contributed by atoms with Crippen molar-refractivity contribution < 1.29 is 0 Å². The lowest BCUT2D eigenvalue weighted by atomic mass is 9.87. The van der Waals surface area contributed by atoms with Gasteiger partial charge in [-0.2, -0.15) is 0 Å². The molecule has 0 radical (unpaired) electrons. The third-order valence-electron chi connectivity index (χ3n) is 3.57. The molecule has 0 unspecified atom stereocenters. The van der Waals surface area contributed by atoms with Crippen molar-refractivity contribution in [1.82, 2.24) is 4.90 Å². The molecule has 0 bridgehead atoms. The lowest BCUT2D eigenvalue weighted by Crippen LogP contribution is -2.35. The van der Waals surface area contributed by atoms with Crippen LogP contribution in [0.2, 0.25) is 0 Å². The zero-order chi connectivity index (χ0) is 10.4. The standard InChI is InChI=1S/C12H26N2/c1-11-5-7-12(8-6-11)14(2)10-4-3-9-13/h11-12H,3-10,13H2,1-2H3. The van der Waals surface area contributed by atoms with Gasteiger partial charge >= 0.3 is 0 Å². The van der Waals surface area contributed by atoms with E-state index in [0.717, 1.165) is 18.5 Å². The molecule has 1 aliphatic rings. The zero-order valence-electron chi connectivity index (χ0n) is 9.84. The van der Waals surface area contributed by atoms with Gasteiger partial charge in [0, 0.05) is 6.04 Å². The maximum atomic E-state index is 5.49. The lowest BCUT2D eigenvalue weighted by molar-refractivity contribution is 0.168. The van der Waals surface area contributed by atoms with E-state index in [1.807, 2.05) is 0 Å². The Bertz CT molecular complexity index is 139. The molecule has 0 aromatic rings. The Morgan fingerprint density at radius 1 is 1.14 bits per heavy atom. The molecule has 0 atom stereocenters. The molecule has 2 nitrogen and oxygen atoms in total. The molecular formula is C12H26N2. The van der Waals surface area contributed by atoms with E-state index in [1.165, 1.54) is 45.1 Å². The maximum Gasteiger partial charge on any atom is 0.00924 e. The van der Waals surface area contributed by atoms with Gasteiger partial charge in [0.1, 0.15) is 0 Å². The second-order valence-electron chi connectivity index (χ2n) is 4.89. The fourth-order valence-corrected chi connectivity index (χ4v) is 2.37. The Morgan fingerprint density at radius 3 is 2.36 bits per heavy atom. The average Bonchev–Trinajstić information content (AvgIpc) is 2.19. The van der Waals surface area contributed by atoms with Crippen molar-refractivity contribution in [3.8, 4) is 0 Å². The average molecular weight is 198 g/mol. The van der Waals surface area contributed by atoms with Crippen LogP contribution in [0.15, 0.2) is 0 Å². The van der Waals surface area contributed by atoms with Crippen LogP contribution in [0, 0.1) is 5.92 Å². The summed E-state index contributed by atoms with van der Waals surface area (Å²) in [5.74, 6) is 0.962. The molecule has 14 heavy (non-hydrogen) atoms. The van der Waals surface area contributed by atoms with Crippen LogP contribution in [0.5, 0.6) is 0 Å². The molecule has 1 rings (SSSR count). The molecule has 0 aliphatic heterocycles. The summed E-state index contributed by atoms with van der Waals surface area (Å²) in [6, 6.07) is 0.851. The third-order valence-corrected chi connectivity index (χ3v) is 3.57. The van der Waals surface area contributed by atoms with Crippen molar-refractivity contribution in [3.05, 3.63) is 0 Å². The monoisotopic (exact) mass is 198 g/mol. The van der Waals surface area contributed by atoms with Crippen molar-refractivity contribution >= 4 is 0 Å². The Labute approximate surface area is 88.8 Å². The highest BCUT2D eigenvalue weighted by Gasteiger charge is 2.20. The first-order valence-electron chi connectivity index (χ1n) is 6.14. The highest BCUT2D eigenvalue weighted by molar-refractivity contribution is 4.76. The summed E-state index contributed by atoms with van der Waals surface area (Å²) < 4.78 is 0. The quantitative estimate of drug-likeness (QED) is 0.686. The number of nitrogens with zero attached hydrogens (tertiary/aromatic N) is 1. The predicted molar refractivity (Wildman–Crippen MR) is 62.3 cm³/mol. The second-order valence-corrected chi connectivity index (χ2v) is 4.89. The molecule has 84 valence electrons. The molecule has 0 spiro atoms. The zero-order valence-corrected chi connectivity index (χ0v) is 9.84. The Morgan fingerprint density at radius 2 is 1.79 bits per heavy atom. The van der Waals surface area contributed by atoms with Gasteiger partial charge in [-0.05, 0) is 64.6 Å². The lowest BCUT2D eigenvalue weighted by Gasteiger charge is -2.33. The number of hydrogen-bond donors (Lipinski definition) is 1. The molecule has 0 aromatic heterocycles. The maximum absolute atomic E-state index is 5.49. The SMILES string of the molecule is CC1CCC(N(C)CCCCN)CC1. The fraction of sp³-hybridized carbons (Fsp3) is 1.00. The topological polar surface area (TPSA) is 29.3 Å². The third kappa shape index (κ3) is 3.97. The predicted octanol–water partition coefficient (Wildman–Crippen LogP) is 2.24. The highest BCUT2D eigenvalue weighted by atomic mass is 15.1. The Balaban J connectivity index is 2.13. The van der Waals surface area contributed by atoms with Crippen LogP contribution in [0.25, 0.3) is 0 Å². The summed E-state index contributed by atoms with van der Waals surface area (Å²) in [6.07, 6.45) is 8.09. The smallest absolute Gasteiger partial charge is 0.00924 e. The summed E-state index contributed by atoms with van der Waals surface area (Å²) in [6.45, 7) is 4.45. The molecule has 0 aromatic carbocycles. The summed E-state index contributed by atoms with van der Waals surface area (Å²) in [5.41, 5.74) is 5.49. The van der Waals surface area contributed by atoms with Crippen LogP contribution in [0.3, 0.4) is 0 Å². The minimum absolute atomic E-state index is 0.843. The van der Waals surface area contributed by atoms with Crippen LogP contribution < -0.4 is 5.73 Å². The molecule has 0 saturated heterocycles. The van der Waals surface area contributed by atoms with Crippen molar-refractivity contribution in [2.45, 2.75) is 51.5 Å². The van der Waals surface area contributed by atoms with Crippen molar-refractivity contribution in [3.63, 3.8) is 0 Å². The Hall–Kier alpha value is -0.0800. The van der Waals surface area contributed by atoms with E-state index in [9.17, 15) is 0 Å². The number of nitrogens with two attached hydrogens (primary N) is 1. The van der Waals surface area contributed by atoms with E-state index in [1.54, 1.807) is 0 Å². The molecule has 2 heteroatoms. The van der Waals surface area contributed by atoms with Gasteiger partial charge in [0.25, 0.3) is 0 Å². The van der Waals surface area contributed by atoms with Crippen LogP contribution in [0.4, 0.5) is 0 Å². The minimum atomic E-state index is 0.843. The van der Waals surface area contributed by atoms with Gasteiger partial charge in [0.15, 0.2) is 0 Å². The Kier molecular flexibility index (Phi) is 5.49. The molecule has 1 saturated carbocycles. The molecular weight excluding hydrogens is 172 g/mol. The number of rotatable bonds is 5. The van der Waals surface area contributed by atoms with E-state index in [2.05, 4.69) is 18.9 Å². The number of hydrogen-bond acceptors (Lipinski definition) is 2. The van der Waals surface area contributed by atoms with Crippen LogP contribution >= 0.6 is 0 Å². The molecule has 0 heterocycles. The molecule has 2 N–H and O–H groups in total. The van der Waals surface area contributed by atoms with Crippen molar-refractivity contribution in [1.29, 1.82) is 0 Å². The van der Waals surface area contributed by atoms with E-state index < -0.39 is 0 Å². The summed E-state index contributed by atoms with van der Waals surface area (Å²) in [5, 5.41) is 0. The van der Waals surface area contributed by atoms with Gasteiger partial charge in [-0.3, -0.25) is 0 Å². The molecule has 0 amide bonds. The first kappa shape index (κ1) is 12.0. The minimum Gasteiger partial charge on any atom is -0.330 e. The molecule has 1 fully saturated rings. The van der Waals surface area contributed by atoms with Gasteiger partial charge in [-0.15, -0.1) is 0 Å². The van der Waals surface area contributed by atoms with Crippen molar-refractivity contribution in [2.75, 3.05) is 20.1 Å². The van der Waals surface area contributed by atoms with Gasteiger partial charge in [-0.25, -0.2) is 0 Å². The van der Waals surface area contributed by atoms with Gasteiger partial charge in [0.2, 0.25) is 0 Å². The van der Waals surface area contributed by atoms with E-state index in [0.29, 0.717) is 0 Å². The fourth-order valence-electron chi connectivity index (χ4n) is 2.37. The summed E-state index contributed by atoms with van der Waals surface area (Å²) >= 11 is 0. The second kappa shape index (κ2) is 6.41. The largest absolute Gasteiger partial charge is 0.330 e. The highest BCUT2D eigenvalue weighted by Crippen LogP contribution is 2.26. The van der Waals surface area contributed by atoms with Gasteiger partial charge in [-0.1, -0.05) is 6.92 Å². The van der Waals surface area contributed by atoms with Crippen LogP contribution in [-0.2, 0) is 0 Å². The van der Waals surface area contributed by atoms with E-state index >= 15 is 0 Å². The van der Waals surface area contributed by atoms with E-state index in [-0.39, 0.29) is 0 Å². The van der Waals surface area contributed by atoms with E-state index in [4.69, 9.17) is 5.73 Å². The van der Waals surface area contributed by atoms with Gasteiger partial charge in [0.05, 0.1) is 0 Å². The molecule has 1 aliphatic carbocycles. The normalized spacial score (nSPS) is 28.3. The van der Waals surface area contributed by atoms with Gasteiger partial charge < -0.3 is 10.6 Å². The first-order chi connectivity index (χ1) is 6.74. The summed E-state index contributed by atoms with van der Waals surface area (Å²) in [4.78, 5) is 2.54. The summed E-state index contributed by atoms with van der Waals surface area (Å²) in [7, 11) is 2.27. The number of unbranched alkanes of at least 4 members (excludes halogenated alkanes) is 1. The first-order valence-corrected chi connectivity index (χ1v) is 6.14. The van der Waals surface area contributed by atoms with Crippen molar-refractivity contribution in [2.24, 2.45) is 11.7 Å². The van der Waals surface area contributed by atoms with Crippen LogP contribution in [0.1, 0.15) is 45.4 Å².